The Morgan fingerprint density at radius 3 is 2.24 bits per heavy atom. The van der Waals surface area contributed by atoms with Crippen molar-refractivity contribution in [2.24, 2.45) is 0 Å². The van der Waals surface area contributed by atoms with Crippen LogP contribution in [0.3, 0.4) is 0 Å². The van der Waals surface area contributed by atoms with E-state index in [0.717, 1.165) is 12.8 Å². The zero-order chi connectivity index (χ0) is 15.5. The van der Waals surface area contributed by atoms with E-state index in [1.54, 1.807) is 25.3 Å². The summed E-state index contributed by atoms with van der Waals surface area (Å²) in [5.41, 5.74) is 7.03. The molecular formula is C18H29NO2. The van der Waals surface area contributed by atoms with Gasteiger partial charge in [-0.15, -0.1) is 0 Å². The van der Waals surface area contributed by atoms with Crippen LogP contribution in [0, 0.1) is 0 Å². The van der Waals surface area contributed by atoms with E-state index in [4.69, 9.17) is 10.5 Å². The van der Waals surface area contributed by atoms with Crippen molar-refractivity contribution in [1.82, 2.24) is 0 Å². The van der Waals surface area contributed by atoms with Crippen LogP contribution in [0.1, 0.15) is 75.1 Å². The van der Waals surface area contributed by atoms with E-state index in [0.29, 0.717) is 23.4 Å². The third kappa shape index (κ3) is 6.65. The zero-order valence-electron chi connectivity index (χ0n) is 13.5. The maximum Gasteiger partial charge on any atom is 0.164 e. The van der Waals surface area contributed by atoms with Crippen molar-refractivity contribution in [3.8, 4) is 5.75 Å². The number of unbranched alkanes of at least 4 members (excludes halogenated alkanes) is 7. The normalized spacial score (nSPS) is 10.6. The average molecular weight is 291 g/mol. The molecule has 0 bridgehead atoms. The molecule has 1 aromatic rings. The molecule has 3 heteroatoms. The van der Waals surface area contributed by atoms with Crippen LogP contribution >= 0.6 is 0 Å². The summed E-state index contributed by atoms with van der Waals surface area (Å²) in [6.07, 6.45) is 10.5. The first kappa shape index (κ1) is 17.5. The number of benzene rings is 1. The molecule has 0 spiro atoms. The maximum absolute atomic E-state index is 12.1. The van der Waals surface area contributed by atoms with Gasteiger partial charge in [-0.1, -0.05) is 51.9 Å². The predicted molar refractivity (Wildman–Crippen MR) is 89.0 cm³/mol. The lowest BCUT2D eigenvalue weighted by atomic mass is 10.0. The molecule has 1 aromatic carbocycles. The smallest absolute Gasteiger partial charge is 0.164 e. The number of carbonyl (C=O) groups excluding carboxylic acids is 1. The number of hydrogen-bond donors (Lipinski definition) is 1. The largest absolute Gasteiger partial charge is 0.497 e. The molecule has 0 atom stereocenters. The van der Waals surface area contributed by atoms with Crippen LogP contribution < -0.4 is 10.5 Å². The summed E-state index contributed by atoms with van der Waals surface area (Å²) < 4.78 is 5.09. The van der Waals surface area contributed by atoms with Crippen molar-refractivity contribution in [1.29, 1.82) is 0 Å². The Bertz CT molecular complexity index is 429. The van der Waals surface area contributed by atoms with E-state index in [2.05, 4.69) is 6.92 Å². The van der Waals surface area contributed by atoms with Gasteiger partial charge in [-0.2, -0.15) is 0 Å². The maximum atomic E-state index is 12.1. The van der Waals surface area contributed by atoms with E-state index in [-0.39, 0.29) is 5.78 Å². The Labute approximate surface area is 128 Å². The Morgan fingerprint density at radius 1 is 1.05 bits per heavy atom. The first-order chi connectivity index (χ1) is 10.2. The first-order valence-corrected chi connectivity index (χ1v) is 8.15. The van der Waals surface area contributed by atoms with Crippen LogP contribution in [0.5, 0.6) is 5.75 Å². The molecule has 2 N–H and O–H groups in total. The van der Waals surface area contributed by atoms with Crippen molar-refractivity contribution < 1.29 is 9.53 Å². The van der Waals surface area contributed by atoms with Gasteiger partial charge < -0.3 is 10.5 Å². The van der Waals surface area contributed by atoms with E-state index >= 15 is 0 Å². The Hall–Kier alpha value is -1.51. The Kier molecular flexibility index (Phi) is 8.56. The standard InChI is InChI=1S/C18H29NO2/c1-3-4-5-6-7-8-9-10-11-18(20)16-13-12-15(21-2)14-17(16)19/h12-14H,3-11,19H2,1-2H3. The summed E-state index contributed by atoms with van der Waals surface area (Å²) in [4.78, 5) is 12.1. The molecule has 0 aliphatic carbocycles. The number of methoxy groups -OCH3 is 1. The number of nitrogens with two attached hydrogens (primary N) is 1. The quantitative estimate of drug-likeness (QED) is 0.355. The molecule has 0 aromatic heterocycles. The highest BCUT2D eigenvalue weighted by Gasteiger charge is 2.10. The minimum absolute atomic E-state index is 0.140. The number of Topliss-reactive ketones (excluding diaryl/α,β-unsaturated/α-hetero) is 1. The van der Waals surface area contributed by atoms with Crippen LogP contribution in [0.15, 0.2) is 18.2 Å². The summed E-state index contributed by atoms with van der Waals surface area (Å²) >= 11 is 0. The third-order valence-corrected chi connectivity index (χ3v) is 3.82. The molecule has 0 heterocycles. The number of carbonyl (C=O) groups is 1. The van der Waals surface area contributed by atoms with Crippen molar-refractivity contribution in [2.75, 3.05) is 12.8 Å². The number of anilines is 1. The summed E-state index contributed by atoms with van der Waals surface area (Å²) in [5, 5.41) is 0. The molecule has 21 heavy (non-hydrogen) atoms. The zero-order valence-corrected chi connectivity index (χ0v) is 13.5. The molecule has 0 fully saturated rings. The van der Waals surface area contributed by atoms with Gasteiger partial charge in [-0.25, -0.2) is 0 Å². The number of ether oxygens (including phenoxy) is 1. The number of hydrogen-bond acceptors (Lipinski definition) is 3. The van der Waals surface area contributed by atoms with Gasteiger partial charge >= 0.3 is 0 Å². The fraction of sp³-hybridized carbons (Fsp3) is 0.611. The lowest BCUT2D eigenvalue weighted by Gasteiger charge is -2.07. The molecule has 0 saturated carbocycles. The lowest BCUT2D eigenvalue weighted by Crippen LogP contribution is -2.04. The molecule has 0 radical (unpaired) electrons. The summed E-state index contributed by atoms with van der Waals surface area (Å²) in [5.74, 6) is 0.831. The Balaban J connectivity index is 2.22. The molecule has 0 saturated heterocycles. The van der Waals surface area contributed by atoms with E-state index < -0.39 is 0 Å². The fourth-order valence-corrected chi connectivity index (χ4v) is 2.48. The molecule has 0 aliphatic heterocycles. The first-order valence-electron chi connectivity index (χ1n) is 8.15. The highest BCUT2D eigenvalue weighted by atomic mass is 16.5. The van der Waals surface area contributed by atoms with E-state index in [1.807, 2.05) is 0 Å². The van der Waals surface area contributed by atoms with Gasteiger partial charge in [0.2, 0.25) is 0 Å². The van der Waals surface area contributed by atoms with Crippen LogP contribution in [-0.2, 0) is 0 Å². The minimum Gasteiger partial charge on any atom is -0.497 e. The second kappa shape index (κ2) is 10.3. The van der Waals surface area contributed by atoms with Crippen LogP contribution in [0.2, 0.25) is 0 Å². The molecule has 1 rings (SSSR count). The fourth-order valence-electron chi connectivity index (χ4n) is 2.48. The van der Waals surface area contributed by atoms with Gasteiger partial charge in [-0.3, -0.25) is 4.79 Å². The highest BCUT2D eigenvalue weighted by molar-refractivity contribution is 6.00. The lowest BCUT2D eigenvalue weighted by molar-refractivity contribution is 0.0980. The highest BCUT2D eigenvalue weighted by Crippen LogP contribution is 2.21. The average Bonchev–Trinajstić information content (AvgIpc) is 2.49. The summed E-state index contributed by atoms with van der Waals surface area (Å²) in [6.45, 7) is 2.23. The Morgan fingerprint density at radius 2 is 1.67 bits per heavy atom. The molecular weight excluding hydrogens is 262 g/mol. The number of rotatable bonds is 11. The monoisotopic (exact) mass is 291 g/mol. The van der Waals surface area contributed by atoms with Crippen molar-refractivity contribution >= 4 is 11.5 Å². The topological polar surface area (TPSA) is 52.3 Å². The molecule has 118 valence electrons. The predicted octanol–water partition coefficient (Wildman–Crippen LogP) is 4.99. The molecule has 0 amide bonds. The molecule has 3 nitrogen and oxygen atoms in total. The van der Waals surface area contributed by atoms with Crippen molar-refractivity contribution in [2.45, 2.75) is 64.7 Å². The van der Waals surface area contributed by atoms with E-state index in [1.165, 1.54) is 38.5 Å². The van der Waals surface area contributed by atoms with Gasteiger partial charge in [0.15, 0.2) is 5.78 Å². The number of nitrogen functional groups attached to an aromatic ring is 1. The minimum atomic E-state index is 0.140. The van der Waals surface area contributed by atoms with Crippen LogP contribution in [0.4, 0.5) is 5.69 Å². The number of ketones is 1. The SMILES string of the molecule is CCCCCCCCCCC(=O)c1ccc(OC)cc1N. The second-order valence-electron chi connectivity index (χ2n) is 5.60. The van der Waals surface area contributed by atoms with E-state index in [9.17, 15) is 4.79 Å². The summed E-state index contributed by atoms with van der Waals surface area (Å²) in [7, 11) is 1.59. The van der Waals surface area contributed by atoms with Gasteiger partial charge in [0.25, 0.3) is 0 Å². The van der Waals surface area contributed by atoms with Gasteiger partial charge in [0.1, 0.15) is 5.75 Å². The summed E-state index contributed by atoms with van der Waals surface area (Å²) in [6, 6.07) is 5.26. The van der Waals surface area contributed by atoms with Gasteiger partial charge in [0.05, 0.1) is 7.11 Å². The van der Waals surface area contributed by atoms with Gasteiger partial charge in [0, 0.05) is 23.7 Å². The van der Waals surface area contributed by atoms with Crippen LogP contribution in [0.25, 0.3) is 0 Å². The third-order valence-electron chi connectivity index (χ3n) is 3.82. The van der Waals surface area contributed by atoms with Crippen LogP contribution in [-0.4, -0.2) is 12.9 Å². The van der Waals surface area contributed by atoms with Crippen molar-refractivity contribution in [3.05, 3.63) is 23.8 Å². The second-order valence-corrected chi connectivity index (χ2v) is 5.60. The van der Waals surface area contributed by atoms with Crippen molar-refractivity contribution in [3.63, 3.8) is 0 Å². The van der Waals surface area contributed by atoms with Gasteiger partial charge in [-0.05, 0) is 18.6 Å². The molecule has 0 aliphatic rings. The molecule has 0 unspecified atom stereocenters.